The van der Waals surface area contributed by atoms with Gasteiger partial charge in [0, 0.05) is 35.1 Å². The lowest BCUT2D eigenvalue weighted by Crippen LogP contribution is -2.19. The fraction of sp³-hybridized carbons (Fsp3) is 0.467. The number of aromatic nitrogens is 2. The van der Waals surface area contributed by atoms with E-state index in [9.17, 15) is 0 Å². The van der Waals surface area contributed by atoms with Crippen LogP contribution in [-0.4, -0.2) is 33.9 Å². The van der Waals surface area contributed by atoms with Crippen molar-refractivity contribution in [3.8, 4) is 11.5 Å². The van der Waals surface area contributed by atoms with Gasteiger partial charge in [0.25, 0.3) is 5.89 Å². The average Bonchev–Trinajstić information content (AvgIpc) is 3.04. The van der Waals surface area contributed by atoms with Gasteiger partial charge < -0.3 is 9.84 Å². The first-order chi connectivity index (χ1) is 10.3. The van der Waals surface area contributed by atoms with Crippen LogP contribution in [0.4, 0.5) is 5.69 Å². The van der Waals surface area contributed by atoms with E-state index in [1.54, 1.807) is 0 Å². The van der Waals surface area contributed by atoms with Crippen LogP contribution < -0.4 is 5.32 Å². The zero-order valence-corrected chi connectivity index (χ0v) is 13.8. The second-order valence-electron chi connectivity index (χ2n) is 4.89. The van der Waals surface area contributed by atoms with E-state index in [1.165, 1.54) is 5.75 Å². The summed E-state index contributed by atoms with van der Waals surface area (Å²) in [7, 11) is 1.91. The maximum Gasteiger partial charge on any atom is 0.257 e. The van der Waals surface area contributed by atoms with E-state index in [4.69, 9.17) is 4.52 Å². The third-order valence-electron chi connectivity index (χ3n) is 3.57. The fourth-order valence-electron chi connectivity index (χ4n) is 2.39. The second-order valence-corrected chi connectivity index (χ2v) is 7.49. The molecule has 21 heavy (non-hydrogen) atoms. The first-order valence-corrected chi connectivity index (χ1v) is 9.26. The molecule has 112 valence electrons. The summed E-state index contributed by atoms with van der Waals surface area (Å²) >= 11 is 3.97. The van der Waals surface area contributed by atoms with E-state index in [-0.39, 0.29) is 0 Å². The monoisotopic (exact) mass is 321 g/mol. The molecule has 1 aliphatic rings. The molecule has 0 aliphatic carbocycles. The zero-order valence-electron chi connectivity index (χ0n) is 12.2. The summed E-state index contributed by atoms with van der Waals surface area (Å²) in [4.78, 5) is 4.63. The van der Waals surface area contributed by atoms with Crippen molar-refractivity contribution in [2.75, 3.05) is 23.9 Å². The van der Waals surface area contributed by atoms with Gasteiger partial charge >= 0.3 is 0 Å². The molecular formula is C15H19N3OS2. The molecule has 0 radical (unpaired) electrons. The van der Waals surface area contributed by atoms with Gasteiger partial charge in [-0.3, -0.25) is 0 Å². The van der Waals surface area contributed by atoms with E-state index < -0.39 is 0 Å². The predicted molar refractivity (Wildman–Crippen MR) is 91.0 cm³/mol. The lowest BCUT2D eigenvalue weighted by atomic mass is 10.2. The molecule has 0 amide bonds. The Bertz CT molecular complexity index is 585. The number of anilines is 1. The van der Waals surface area contributed by atoms with Gasteiger partial charge in [-0.2, -0.15) is 16.7 Å². The molecule has 2 atom stereocenters. The summed E-state index contributed by atoms with van der Waals surface area (Å²) in [6, 6.07) is 8.03. The van der Waals surface area contributed by atoms with Crippen LogP contribution in [0.1, 0.15) is 24.4 Å². The highest BCUT2D eigenvalue weighted by atomic mass is 32.2. The minimum absolute atomic E-state index is 0.350. The fourth-order valence-corrected chi connectivity index (χ4v) is 5.37. The van der Waals surface area contributed by atoms with Crippen LogP contribution in [0.5, 0.6) is 0 Å². The summed E-state index contributed by atoms with van der Waals surface area (Å²) in [6.07, 6.45) is 1.14. The number of rotatable bonds is 4. The van der Waals surface area contributed by atoms with Gasteiger partial charge in [-0.25, -0.2) is 0 Å². The highest BCUT2D eigenvalue weighted by Crippen LogP contribution is 2.43. The summed E-state index contributed by atoms with van der Waals surface area (Å²) in [5, 5.41) is 8.26. The molecule has 2 heterocycles. The van der Waals surface area contributed by atoms with E-state index in [0.717, 1.165) is 29.2 Å². The van der Waals surface area contributed by atoms with Crippen molar-refractivity contribution in [1.82, 2.24) is 10.1 Å². The summed E-state index contributed by atoms with van der Waals surface area (Å²) < 4.78 is 5.47. The van der Waals surface area contributed by atoms with Crippen LogP contribution in [0.15, 0.2) is 28.8 Å². The molecule has 1 saturated heterocycles. The Morgan fingerprint density at radius 2 is 2.00 bits per heavy atom. The number of hydrogen-bond donors (Lipinski definition) is 1. The third-order valence-corrected chi connectivity index (χ3v) is 6.81. The minimum Gasteiger partial charge on any atom is -0.388 e. The Hall–Kier alpha value is -1.14. The van der Waals surface area contributed by atoms with Crippen molar-refractivity contribution in [2.45, 2.75) is 23.8 Å². The van der Waals surface area contributed by atoms with Crippen LogP contribution >= 0.6 is 23.5 Å². The Morgan fingerprint density at radius 3 is 2.71 bits per heavy atom. The summed E-state index contributed by atoms with van der Waals surface area (Å²) in [6.45, 7) is 2.23. The summed E-state index contributed by atoms with van der Waals surface area (Å²) in [5.41, 5.74) is 2.04. The number of nitrogens with zero attached hydrogens (tertiary/aromatic N) is 2. The average molecular weight is 321 g/mol. The Labute approximate surface area is 133 Å². The van der Waals surface area contributed by atoms with Crippen LogP contribution in [0.25, 0.3) is 11.5 Å². The summed E-state index contributed by atoms with van der Waals surface area (Å²) in [5.74, 6) is 3.83. The molecule has 1 aliphatic heterocycles. The normalized spacial score (nSPS) is 22.2. The van der Waals surface area contributed by atoms with Crippen LogP contribution in [0.3, 0.4) is 0 Å². The number of hydrogen-bond acceptors (Lipinski definition) is 6. The molecule has 1 aromatic heterocycles. The van der Waals surface area contributed by atoms with Crippen molar-refractivity contribution in [1.29, 1.82) is 0 Å². The maximum atomic E-state index is 5.47. The molecule has 0 spiro atoms. The van der Waals surface area contributed by atoms with Crippen LogP contribution in [0.2, 0.25) is 0 Å². The first kappa shape index (κ1) is 14.8. The van der Waals surface area contributed by atoms with Crippen molar-refractivity contribution in [3.63, 3.8) is 0 Å². The quantitative estimate of drug-likeness (QED) is 0.916. The van der Waals surface area contributed by atoms with Gasteiger partial charge in [0.1, 0.15) is 0 Å². The van der Waals surface area contributed by atoms with Crippen LogP contribution in [-0.2, 0) is 0 Å². The van der Waals surface area contributed by atoms with Gasteiger partial charge in [0.2, 0.25) is 0 Å². The van der Waals surface area contributed by atoms with Crippen molar-refractivity contribution >= 4 is 29.2 Å². The largest absolute Gasteiger partial charge is 0.388 e. The van der Waals surface area contributed by atoms with Gasteiger partial charge in [-0.05, 0) is 30.7 Å². The van der Waals surface area contributed by atoms with Gasteiger partial charge in [0.15, 0.2) is 5.82 Å². The maximum absolute atomic E-state index is 5.47. The van der Waals surface area contributed by atoms with E-state index in [2.05, 4.69) is 22.4 Å². The van der Waals surface area contributed by atoms with Gasteiger partial charge in [0.05, 0.1) is 5.25 Å². The van der Waals surface area contributed by atoms with E-state index in [0.29, 0.717) is 16.4 Å². The first-order valence-electron chi connectivity index (χ1n) is 7.17. The van der Waals surface area contributed by atoms with Gasteiger partial charge in [-0.1, -0.05) is 12.1 Å². The molecule has 4 nitrogen and oxygen atoms in total. The Balaban J connectivity index is 1.81. The van der Waals surface area contributed by atoms with Crippen molar-refractivity contribution in [3.05, 3.63) is 30.1 Å². The van der Waals surface area contributed by atoms with Crippen molar-refractivity contribution in [2.24, 2.45) is 0 Å². The Kier molecular flexibility index (Phi) is 4.75. The molecule has 1 fully saturated rings. The molecule has 1 aromatic carbocycles. The van der Waals surface area contributed by atoms with Crippen LogP contribution in [0, 0.1) is 0 Å². The number of thioether (sulfide) groups is 2. The molecule has 2 aromatic rings. The smallest absolute Gasteiger partial charge is 0.257 e. The van der Waals surface area contributed by atoms with E-state index >= 15 is 0 Å². The van der Waals surface area contributed by atoms with Crippen molar-refractivity contribution < 1.29 is 4.52 Å². The molecule has 2 unspecified atom stereocenters. The molecular weight excluding hydrogens is 302 g/mol. The minimum atomic E-state index is 0.350. The highest BCUT2D eigenvalue weighted by molar-refractivity contribution is 8.06. The number of nitrogens with one attached hydrogen (secondary N) is 1. The lowest BCUT2D eigenvalue weighted by molar-refractivity contribution is 0.421. The molecule has 0 saturated carbocycles. The predicted octanol–water partition coefficient (Wildman–Crippen LogP) is 4.08. The van der Waals surface area contributed by atoms with Gasteiger partial charge in [-0.15, -0.1) is 11.8 Å². The zero-order chi connectivity index (χ0) is 14.7. The SMILES string of the molecule is CCC1SCCSC1c1noc(-c2ccc(NC)cc2)n1. The Morgan fingerprint density at radius 1 is 1.24 bits per heavy atom. The topological polar surface area (TPSA) is 51.0 Å². The molecule has 3 rings (SSSR count). The molecule has 6 heteroatoms. The highest BCUT2D eigenvalue weighted by Gasteiger charge is 2.30. The van der Waals surface area contributed by atoms with E-state index in [1.807, 2.05) is 54.8 Å². The lowest BCUT2D eigenvalue weighted by Gasteiger charge is -2.27. The molecule has 0 bridgehead atoms. The molecule has 1 N–H and O–H groups in total. The second kappa shape index (κ2) is 6.75. The standard InChI is InChI=1S/C15H19N3OS2/c1-3-12-13(21-9-8-20-12)14-17-15(19-18-14)10-4-6-11(16-2)7-5-10/h4-7,12-13,16H,3,8-9H2,1-2H3. The third kappa shape index (κ3) is 3.21. The number of benzene rings is 1.